The minimum Gasteiger partial charge on any atom is -0.325 e. The lowest BCUT2D eigenvalue weighted by molar-refractivity contribution is -0.497. The summed E-state index contributed by atoms with van der Waals surface area (Å²) in [6.45, 7) is 2.91. The van der Waals surface area contributed by atoms with Crippen LogP contribution >= 0.6 is 11.8 Å². The first-order valence-corrected chi connectivity index (χ1v) is 8.63. The summed E-state index contributed by atoms with van der Waals surface area (Å²) in [5.41, 5.74) is 1.85. The average Bonchev–Trinajstić information content (AvgIpc) is 3.31. The molecule has 0 spiro atoms. The molecule has 1 aromatic carbocycles. The van der Waals surface area contributed by atoms with Crippen molar-refractivity contribution in [3.63, 3.8) is 0 Å². The Kier molecular flexibility index (Phi) is 4.63. The Hall–Kier alpha value is -1.60. The van der Waals surface area contributed by atoms with Gasteiger partial charge >= 0.3 is 0 Å². The molecule has 1 aliphatic heterocycles. The van der Waals surface area contributed by atoms with Gasteiger partial charge in [-0.2, -0.15) is 11.8 Å². The zero-order chi connectivity index (χ0) is 15.5. The van der Waals surface area contributed by atoms with Crippen molar-refractivity contribution in [2.24, 2.45) is 5.92 Å². The molecule has 22 heavy (non-hydrogen) atoms. The SMILES string of the molecule is O=C(Nc1ccccc1CN1CCSCC1)[C@H]1C[C@@H]1[N+](=O)[O-]. The second kappa shape index (κ2) is 6.66. The fourth-order valence-corrected chi connectivity index (χ4v) is 3.68. The molecular weight excluding hydrogens is 302 g/mol. The van der Waals surface area contributed by atoms with Crippen LogP contribution in [0.3, 0.4) is 0 Å². The van der Waals surface area contributed by atoms with Gasteiger partial charge in [-0.25, -0.2) is 0 Å². The maximum absolute atomic E-state index is 12.1. The number of nitrogens with zero attached hydrogens (tertiary/aromatic N) is 2. The number of nitro groups is 1. The van der Waals surface area contributed by atoms with Gasteiger partial charge in [-0.1, -0.05) is 18.2 Å². The largest absolute Gasteiger partial charge is 0.325 e. The molecule has 6 nitrogen and oxygen atoms in total. The van der Waals surface area contributed by atoms with E-state index in [1.165, 1.54) is 0 Å². The molecule has 0 unspecified atom stereocenters. The summed E-state index contributed by atoms with van der Waals surface area (Å²) in [6, 6.07) is 7.01. The predicted octanol–water partition coefficient (Wildman–Crippen LogP) is 1.84. The van der Waals surface area contributed by atoms with Gasteiger partial charge in [0.25, 0.3) is 0 Å². The molecule has 3 rings (SSSR count). The van der Waals surface area contributed by atoms with E-state index in [-0.39, 0.29) is 10.8 Å². The number of anilines is 1. The summed E-state index contributed by atoms with van der Waals surface area (Å²) in [7, 11) is 0. The zero-order valence-corrected chi connectivity index (χ0v) is 13.1. The first-order chi connectivity index (χ1) is 10.6. The maximum Gasteiger partial charge on any atom is 0.234 e. The van der Waals surface area contributed by atoms with Crippen molar-refractivity contribution in [3.8, 4) is 0 Å². The van der Waals surface area contributed by atoms with Crippen LogP contribution in [-0.2, 0) is 11.3 Å². The van der Waals surface area contributed by atoms with Crippen molar-refractivity contribution in [3.05, 3.63) is 39.9 Å². The molecular formula is C15H19N3O3S. The predicted molar refractivity (Wildman–Crippen MR) is 86.6 cm³/mol. The van der Waals surface area contributed by atoms with Crippen LogP contribution < -0.4 is 5.32 Å². The van der Waals surface area contributed by atoms with E-state index in [1.807, 2.05) is 36.0 Å². The summed E-state index contributed by atoms with van der Waals surface area (Å²) in [4.78, 5) is 24.8. The van der Waals surface area contributed by atoms with E-state index in [1.54, 1.807) is 0 Å². The molecule has 1 amide bonds. The van der Waals surface area contributed by atoms with Crippen LogP contribution in [0.5, 0.6) is 0 Å². The first-order valence-electron chi connectivity index (χ1n) is 7.47. The molecule has 7 heteroatoms. The van der Waals surface area contributed by atoms with Crippen LogP contribution in [0.2, 0.25) is 0 Å². The van der Waals surface area contributed by atoms with E-state index in [0.717, 1.165) is 42.4 Å². The molecule has 2 atom stereocenters. The van der Waals surface area contributed by atoms with Gasteiger partial charge in [0.2, 0.25) is 11.9 Å². The second-order valence-corrected chi connectivity index (χ2v) is 6.95. The van der Waals surface area contributed by atoms with Crippen molar-refractivity contribution < 1.29 is 9.72 Å². The summed E-state index contributed by atoms with van der Waals surface area (Å²) in [5, 5.41) is 13.5. The molecule has 2 fully saturated rings. The number of thioether (sulfide) groups is 1. The summed E-state index contributed by atoms with van der Waals surface area (Å²) in [6.07, 6.45) is 0.352. The van der Waals surface area contributed by atoms with Crippen LogP contribution in [0.25, 0.3) is 0 Å². The van der Waals surface area contributed by atoms with E-state index < -0.39 is 12.0 Å². The Morgan fingerprint density at radius 1 is 1.36 bits per heavy atom. The first kappa shape index (κ1) is 15.3. The number of rotatable bonds is 5. The van der Waals surface area contributed by atoms with Crippen LogP contribution in [0, 0.1) is 16.0 Å². The topological polar surface area (TPSA) is 75.5 Å². The van der Waals surface area contributed by atoms with Gasteiger partial charge < -0.3 is 5.32 Å². The fraction of sp³-hybridized carbons (Fsp3) is 0.533. The van der Waals surface area contributed by atoms with Crippen LogP contribution in [0.4, 0.5) is 5.69 Å². The molecule has 1 N–H and O–H groups in total. The van der Waals surface area contributed by atoms with E-state index in [0.29, 0.717) is 6.42 Å². The molecule has 1 heterocycles. The third-order valence-electron chi connectivity index (χ3n) is 4.14. The number of amides is 1. The fourth-order valence-electron chi connectivity index (χ4n) is 2.70. The maximum atomic E-state index is 12.1. The van der Waals surface area contributed by atoms with Gasteiger partial charge in [0, 0.05) is 48.2 Å². The minimum atomic E-state index is -0.703. The molecule has 0 radical (unpaired) electrons. The molecule has 0 aromatic heterocycles. The smallest absolute Gasteiger partial charge is 0.234 e. The normalized spacial score (nSPS) is 24.7. The monoisotopic (exact) mass is 321 g/mol. The molecule has 1 aliphatic carbocycles. The molecule has 1 saturated heterocycles. The van der Waals surface area contributed by atoms with Crippen LogP contribution in [0.15, 0.2) is 24.3 Å². The Labute approximate surface area is 133 Å². The van der Waals surface area contributed by atoms with E-state index in [9.17, 15) is 14.9 Å². The summed E-state index contributed by atoms with van der Waals surface area (Å²) in [5.74, 6) is 1.57. The third kappa shape index (κ3) is 3.59. The Morgan fingerprint density at radius 2 is 2.09 bits per heavy atom. The number of carbonyl (C=O) groups excluding carboxylic acids is 1. The van der Waals surface area contributed by atoms with Gasteiger partial charge in [0.15, 0.2) is 0 Å². The highest BCUT2D eigenvalue weighted by Crippen LogP contribution is 2.34. The zero-order valence-electron chi connectivity index (χ0n) is 12.2. The van der Waals surface area contributed by atoms with Gasteiger partial charge in [-0.05, 0) is 11.6 Å². The minimum absolute atomic E-state index is 0.233. The third-order valence-corrected chi connectivity index (χ3v) is 5.08. The van der Waals surface area contributed by atoms with Gasteiger partial charge in [0.05, 0.1) is 0 Å². The molecule has 2 aliphatic rings. The number of nitrogens with one attached hydrogen (secondary N) is 1. The van der Waals surface area contributed by atoms with Crippen molar-refractivity contribution >= 4 is 23.4 Å². The van der Waals surface area contributed by atoms with Crippen molar-refractivity contribution in [1.29, 1.82) is 0 Å². The highest BCUT2D eigenvalue weighted by Gasteiger charge is 2.53. The lowest BCUT2D eigenvalue weighted by Crippen LogP contribution is -2.32. The van der Waals surface area contributed by atoms with Crippen molar-refractivity contribution in [2.75, 3.05) is 29.9 Å². The Balaban J connectivity index is 1.63. The standard InChI is InChI=1S/C15H19N3O3S/c19-15(12-9-14(12)18(20)21)16-13-4-2-1-3-11(13)10-17-5-7-22-8-6-17/h1-4,12,14H,5-10H2,(H,16,19)/t12-,14-/m0/s1. The number of hydrogen-bond acceptors (Lipinski definition) is 5. The number of carbonyl (C=O) groups is 1. The Bertz CT molecular complexity index is 575. The molecule has 0 bridgehead atoms. The van der Waals surface area contributed by atoms with E-state index in [2.05, 4.69) is 10.2 Å². The van der Waals surface area contributed by atoms with Gasteiger partial charge in [0.1, 0.15) is 5.92 Å². The van der Waals surface area contributed by atoms with Crippen molar-refractivity contribution in [1.82, 2.24) is 4.90 Å². The number of para-hydroxylation sites is 1. The lowest BCUT2D eigenvalue weighted by atomic mass is 10.1. The molecule has 1 aromatic rings. The average molecular weight is 321 g/mol. The second-order valence-electron chi connectivity index (χ2n) is 5.73. The van der Waals surface area contributed by atoms with Crippen LogP contribution in [0.1, 0.15) is 12.0 Å². The van der Waals surface area contributed by atoms with E-state index in [4.69, 9.17) is 0 Å². The van der Waals surface area contributed by atoms with E-state index >= 15 is 0 Å². The van der Waals surface area contributed by atoms with Crippen molar-refractivity contribution in [2.45, 2.75) is 19.0 Å². The molecule has 1 saturated carbocycles. The van der Waals surface area contributed by atoms with Crippen LogP contribution in [-0.4, -0.2) is 46.4 Å². The summed E-state index contributed by atoms with van der Waals surface area (Å²) >= 11 is 1.96. The quantitative estimate of drug-likeness (QED) is 0.661. The highest BCUT2D eigenvalue weighted by molar-refractivity contribution is 7.99. The van der Waals surface area contributed by atoms with Gasteiger partial charge in [-0.3, -0.25) is 19.8 Å². The summed E-state index contributed by atoms with van der Waals surface area (Å²) < 4.78 is 0. The number of benzene rings is 1. The highest BCUT2D eigenvalue weighted by atomic mass is 32.2. The number of hydrogen-bond donors (Lipinski definition) is 1. The Morgan fingerprint density at radius 3 is 2.77 bits per heavy atom. The van der Waals surface area contributed by atoms with Gasteiger partial charge in [-0.15, -0.1) is 0 Å². The lowest BCUT2D eigenvalue weighted by Gasteiger charge is -2.27. The molecule has 118 valence electrons.